The van der Waals surface area contributed by atoms with E-state index in [0.717, 1.165) is 33.4 Å². The molecule has 3 aromatic rings. The molecule has 0 amide bonds. The van der Waals surface area contributed by atoms with Crippen molar-refractivity contribution in [3.8, 4) is 17.2 Å². The fraction of sp³-hybridized carbons (Fsp3) is 0.294. The first kappa shape index (κ1) is 27.0. The topological polar surface area (TPSA) is 91.3 Å². The average molecular weight is 553 g/mol. The Morgan fingerprint density at radius 2 is 0.902 bits per heavy atom. The van der Waals surface area contributed by atoms with E-state index in [2.05, 4.69) is 0 Å². The van der Waals surface area contributed by atoms with Gasteiger partial charge in [0.1, 0.15) is 30.5 Å². The molecule has 0 spiro atoms. The summed E-state index contributed by atoms with van der Waals surface area (Å²) in [6.45, 7) is 2.17. The average Bonchev–Trinajstić information content (AvgIpc) is 2.95. The first-order valence-corrected chi connectivity index (χ1v) is 14.0. The van der Waals surface area contributed by atoms with Crippen LogP contribution in [0, 0.1) is 0 Å². The largest absolute Gasteiger partial charge is 0.507 e. The van der Waals surface area contributed by atoms with Crippen LogP contribution in [0.1, 0.15) is 33.4 Å². The number of allylic oxidation sites excluding steroid dienone is 4. The molecule has 0 fully saturated rings. The summed E-state index contributed by atoms with van der Waals surface area (Å²) in [4.78, 5) is 26.6. The first-order valence-electron chi connectivity index (χ1n) is 14.0. The zero-order valence-electron chi connectivity index (χ0n) is 22.8. The zero-order chi connectivity index (χ0) is 28.2. The van der Waals surface area contributed by atoms with E-state index in [4.69, 9.17) is 18.9 Å². The molecule has 2 aliphatic carbocycles. The van der Waals surface area contributed by atoms with E-state index in [-0.39, 0.29) is 30.2 Å². The van der Waals surface area contributed by atoms with Gasteiger partial charge < -0.3 is 24.1 Å². The number of para-hydroxylation sites is 3. The Morgan fingerprint density at radius 3 is 1.37 bits per heavy atom. The second-order valence-electron chi connectivity index (χ2n) is 10.4. The Hall–Kier alpha value is -4.20. The van der Waals surface area contributed by atoms with E-state index >= 15 is 0 Å². The second kappa shape index (κ2) is 12.1. The molecular weight excluding hydrogens is 520 g/mol. The first-order chi connectivity index (χ1) is 20.1. The third-order valence-electron chi connectivity index (χ3n) is 7.62. The molecule has 1 heterocycles. The van der Waals surface area contributed by atoms with Crippen molar-refractivity contribution in [2.75, 3.05) is 39.6 Å². The number of rotatable bonds is 0. The van der Waals surface area contributed by atoms with Gasteiger partial charge in [0.05, 0.1) is 26.4 Å². The van der Waals surface area contributed by atoms with E-state index in [1.165, 1.54) is 12.2 Å². The van der Waals surface area contributed by atoms with Gasteiger partial charge in [0.2, 0.25) is 0 Å². The monoisotopic (exact) mass is 552 g/mol. The lowest BCUT2D eigenvalue weighted by Crippen LogP contribution is -2.19. The Balaban J connectivity index is 1.54. The molecule has 10 bridgehead atoms. The number of phenols is 1. The lowest BCUT2D eigenvalue weighted by Gasteiger charge is -2.21. The number of benzene rings is 3. The van der Waals surface area contributed by atoms with Crippen molar-refractivity contribution in [2.24, 2.45) is 0 Å². The third-order valence-corrected chi connectivity index (χ3v) is 7.62. The molecule has 7 heteroatoms. The molecule has 41 heavy (non-hydrogen) atoms. The number of ketones is 2. The smallest absolute Gasteiger partial charge is 0.185 e. The lowest BCUT2D eigenvalue weighted by molar-refractivity contribution is -0.115. The summed E-state index contributed by atoms with van der Waals surface area (Å²) in [5.41, 5.74) is 5.73. The molecule has 0 aromatic heterocycles. The maximum Gasteiger partial charge on any atom is 0.185 e. The quantitative estimate of drug-likeness (QED) is 0.411. The standard InChI is InChI=1S/C34H32O7/c35-30-20-28-18-26-8-2-6-24-16-22-4-1-5-23(31(22)36)17-25-7-3-9-27(19-29(21-30)32(28)37)34(25)41-15-13-39-11-10-38-12-14-40-33(24)26/h1-9,20-21,36H,10-19H2. The summed E-state index contributed by atoms with van der Waals surface area (Å²) in [7, 11) is 0. The number of Topliss-reactive ketones (excluding diaryl/α,β-unsaturated/α-hetero) is 1. The van der Waals surface area contributed by atoms with Crippen molar-refractivity contribution in [2.45, 2.75) is 25.7 Å². The van der Waals surface area contributed by atoms with Crippen LogP contribution in [0.15, 0.2) is 77.9 Å². The maximum atomic E-state index is 13.7. The van der Waals surface area contributed by atoms with Gasteiger partial charge in [0, 0.05) is 36.8 Å². The minimum Gasteiger partial charge on any atom is -0.507 e. The van der Waals surface area contributed by atoms with Gasteiger partial charge in [-0.1, -0.05) is 54.6 Å². The summed E-state index contributed by atoms with van der Waals surface area (Å²) in [5, 5.41) is 11.4. The highest BCUT2D eigenvalue weighted by Crippen LogP contribution is 2.36. The summed E-state index contributed by atoms with van der Waals surface area (Å²) in [6, 6.07) is 17.4. The molecule has 0 saturated heterocycles. The van der Waals surface area contributed by atoms with Crippen LogP contribution in [0.2, 0.25) is 0 Å². The van der Waals surface area contributed by atoms with Crippen LogP contribution in [0.5, 0.6) is 17.2 Å². The number of aromatic hydroxyl groups is 1. The number of carbonyl (C=O) groups is 2. The molecule has 1 aliphatic heterocycles. The van der Waals surface area contributed by atoms with Crippen molar-refractivity contribution in [3.63, 3.8) is 0 Å². The van der Waals surface area contributed by atoms with Crippen LogP contribution in [0.25, 0.3) is 0 Å². The van der Waals surface area contributed by atoms with Crippen molar-refractivity contribution >= 4 is 11.6 Å². The van der Waals surface area contributed by atoms with Gasteiger partial charge in [-0.3, -0.25) is 9.59 Å². The number of ether oxygens (including phenoxy) is 4. The fourth-order valence-electron chi connectivity index (χ4n) is 5.67. The van der Waals surface area contributed by atoms with E-state index in [9.17, 15) is 14.7 Å². The molecule has 7 nitrogen and oxygen atoms in total. The number of carbonyl (C=O) groups excluding carboxylic acids is 2. The molecule has 0 atom stereocenters. The van der Waals surface area contributed by atoms with E-state index in [0.29, 0.717) is 75.1 Å². The zero-order valence-corrected chi connectivity index (χ0v) is 22.8. The Kier molecular flexibility index (Phi) is 7.98. The van der Waals surface area contributed by atoms with Crippen molar-refractivity contribution in [1.82, 2.24) is 0 Å². The van der Waals surface area contributed by atoms with Gasteiger partial charge in [-0.05, 0) is 45.5 Å². The lowest BCUT2D eigenvalue weighted by atomic mass is 9.86. The van der Waals surface area contributed by atoms with Gasteiger partial charge in [-0.25, -0.2) is 0 Å². The highest BCUT2D eigenvalue weighted by Gasteiger charge is 2.26. The normalized spacial score (nSPS) is 18.0. The van der Waals surface area contributed by atoms with Gasteiger partial charge in [-0.15, -0.1) is 0 Å². The molecule has 210 valence electrons. The molecule has 1 N–H and O–H groups in total. The number of phenolic OH excluding ortho intramolecular Hbond substituents is 1. The third kappa shape index (κ3) is 5.97. The highest BCUT2D eigenvalue weighted by atomic mass is 16.6. The predicted octanol–water partition coefficient (Wildman–Crippen LogP) is 4.48. The van der Waals surface area contributed by atoms with Crippen LogP contribution in [-0.2, 0) is 44.7 Å². The van der Waals surface area contributed by atoms with Gasteiger partial charge >= 0.3 is 0 Å². The molecule has 0 radical (unpaired) electrons. The van der Waals surface area contributed by atoms with Crippen molar-refractivity contribution in [3.05, 3.63) is 111 Å². The van der Waals surface area contributed by atoms with Crippen LogP contribution < -0.4 is 9.47 Å². The fourth-order valence-corrected chi connectivity index (χ4v) is 5.67. The number of fused-ring (bicyclic) bond motifs is 2. The SMILES string of the molecule is O=C1C=C2Cc3cccc4c3OCCOCCOCCOc3c(cccc3Cc3cccc(c3O)C4)CC(=C1)C2=O. The maximum absolute atomic E-state index is 13.7. The molecule has 3 aromatic carbocycles. The van der Waals surface area contributed by atoms with Crippen LogP contribution >= 0.6 is 0 Å². The number of hydrogen-bond acceptors (Lipinski definition) is 7. The minimum atomic E-state index is -0.208. The Bertz CT molecular complexity index is 1440. The molecule has 0 saturated carbocycles. The summed E-state index contributed by atoms with van der Waals surface area (Å²) < 4.78 is 24.0. The van der Waals surface area contributed by atoms with Crippen molar-refractivity contribution in [1.29, 1.82) is 0 Å². The highest BCUT2D eigenvalue weighted by molar-refractivity contribution is 6.20. The molecular formula is C34H32O7. The minimum absolute atomic E-state index is 0.156. The van der Waals surface area contributed by atoms with E-state index in [1.54, 1.807) is 0 Å². The van der Waals surface area contributed by atoms with Crippen LogP contribution in [-0.4, -0.2) is 56.3 Å². The Labute approximate surface area is 239 Å². The molecule has 6 rings (SSSR count). The molecule has 0 unspecified atom stereocenters. The van der Waals surface area contributed by atoms with Crippen molar-refractivity contribution < 1.29 is 33.6 Å². The molecule has 3 aliphatic rings. The van der Waals surface area contributed by atoms with Gasteiger partial charge in [-0.2, -0.15) is 0 Å². The second-order valence-corrected chi connectivity index (χ2v) is 10.4. The van der Waals surface area contributed by atoms with Crippen LogP contribution in [0.3, 0.4) is 0 Å². The summed E-state index contributed by atoms with van der Waals surface area (Å²) in [5.74, 6) is 1.15. The summed E-state index contributed by atoms with van der Waals surface area (Å²) in [6.07, 6.45) is 4.20. The predicted molar refractivity (Wildman–Crippen MR) is 153 cm³/mol. The van der Waals surface area contributed by atoms with Gasteiger partial charge in [0.25, 0.3) is 0 Å². The van der Waals surface area contributed by atoms with E-state index < -0.39 is 0 Å². The number of hydrogen-bond donors (Lipinski definition) is 1. The van der Waals surface area contributed by atoms with E-state index in [1.807, 2.05) is 54.6 Å². The Morgan fingerprint density at radius 1 is 0.512 bits per heavy atom. The summed E-state index contributed by atoms with van der Waals surface area (Å²) >= 11 is 0. The van der Waals surface area contributed by atoms with Crippen LogP contribution in [0.4, 0.5) is 0 Å². The van der Waals surface area contributed by atoms with Gasteiger partial charge in [0.15, 0.2) is 11.6 Å².